The lowest BCUT2D eigenvalue weighted by Gasteiger charge is -2.20. The zero-order valence-corrected chi connectivity index (χ0v) is 15.5. The Labute approximate surface area is 170 Å². The molecule has 3 aromatic rings. The molecule has 8 nitrogen and oxygen atoms in total. The summed E-state index contributed by atoms with van der Waals surface area (Å²) in [5.74, 6) is -0.877. The number of ether oxygens (including phenoxy) is 1. The molecule has 0 aliphatic heterocycles. The number of nitro benzene ring substituents is 1. The van der Waals surface area contributed by atoms with E-state index in [0.717, 1.165) is 0 Å². The van der Waals surface area contributed by atoms with E-state index < -0.39 is 10.8 Å². The third-order valence-electron chi connectivity index (χ3n) is 4.64. The van der Waals surface area contributed by atoms with Crippen LogP contribution < -0.4 is 10.1 Å². The molecule has 0 saturated heterocycles. The van der Waals surface area contributed by atoms with Crippen LogP contribution in [-0.4, -0.2) is 29.0 Å². The van der Waals surface area contributed by atoms with Crippen LogP contribution in [-0.2, 0) is 4.79 Å². The summed E-state index contributed by atoms with van der Waals surface area (Å²) in [4.78, 5) is 48.2. The third kappa shape index (κ3) is 3.42. The van der Waals surface area contributed by atoms with Crippen LogP contribution in [0, 0.1) is 10.1 Å². The molecular weight excluding hydrogens is 388 g/mol. The van der Waals surface area contributed by atoms with Gasteiger partial charge in [0.25, 0.3) is 11.6 Å². The Morgan fingerprint density at radius 2 is 1.50 bits per heavy atom. The molecule has 4 rings (SSSR count). The quantitative estimate of drug-likeness (QED) is 0.404. The highest BCUT2D eigenvalue weighted by Gasteiger charge is 2.31. The zero-order chi connectivity index (χ0) is 21.3. The zero-order valence-electron chi connectivity index (χ0n) is 15.5. The van der Waals surface area contributed by atoms with Crippen molar-refractivity contribution >= 4 is 28.8 Å². The van der Waals surface area contributed by atoms with Crippen molar-refractivity contribution < 1.29 is 24.0 Å². The van der Waals surface area contributed by atoms with Crippen LogP contribution in [0.3, 0.4) is 0 Å². The normalized spacial score (nSPS) is 12.0. The van der Waals surface area contributed by atoms with E-state index >= 15 is 0 Å². The molecule has 8 heteroatoms. The van der Waals surface area contributed by atoms with Gasteiger partial charge in [-0.05, 0) is 18.2 Å². The second-order valence-corrected chi connectivity index (χ2v) is 6.52. The van der Waals surface area contributed by atoms with Crippen molar-refractivity contribution in [3.8, 4) is 5.75 Å². The predicted molar refractivity (Wildman–Crippen MR) is 107 cm³/mol. The van der Waals surface area contributed by atoms with E-state index in [-0.39, 0.29) is 46.4 Å². The van der Waals surface area contributed by atoms with Gasteiger partial charge in [-0.3, -0.25) is 24.5 Å². The molecule has 0 bridgehead atoms. The van der Waals surface area contributed by atoms with Crippen molar-refractivity contribution in [2.24, 2.45) is 0 Å². The molecule has 1 aliphatic carbocycles. The van der Waals surface area contributed by atoms with E-state index in [9.17, 15) is 24.5 Å². The molecule has 0 fully saturated rings. The minimum atomic E-state index is -0.541. The molecular formula is C22H14N2O6. The number of fused-ring (bicyclic) bond motifs is 2. The van der Waals surface area contributed by atoms with Gasteiger partial charge in [-0.2, -0.15) is 0 Å². The second kappa shape index (κ2) is 7.59. The van der Waals surface area contributed by atoms with Gasteiger partial charge in [-0.15, -0.1) is 0 Å². The summed E-state index contributed by atoms with van der Waals surface area (Å²) in [5.41, 5.74) is 1.13. The van der Waals surface area contributed by atoms with Crippen LogP contribution in [0.15, 0.2) is 66.7 Å². The Balaban J connectivity index is 1.52. The second-order valence-electron chi connectivity index (χ2n) is 6.52. The van der Waals surface area contributed by atoms with Crippen molar-refractivity contribution in [1.82, 2.24) is 0 Å². The average Bonchev–Trinajstić information content (AvgIpc) is 2.76. The number of nitro groups is 1. The highest BCUT2D eigenvalue weighted by molar-refractivity contribution is 6.30. The van der Waals surface area contributed by atoms with Crippen molar-refractivity contribution in [2.75, 3.05) is 11.9 Å². The molecule has 0 atom stereocenters. The number of anilines is 1. The highest BCUT2D eigenvalue weighted by Crippen LogP contribution is 2.31. The van der Waals surface area contributed by atoms with Gasteiger partial charge in [-0.1, -0.05) is 36.4 Å². The highest BCUT2D eigenvalue weighted by atomic mass is 16.6. The maximum atomic E-state index is 12.9. The summed E-state index contributed by atoms with van der Waals surface area (Å²) in [6.45, 7) is -0.375. The standard InChI is InChI=1S/C22H14N2O6/c25-19(12-30-14-10-8-13(9-11-14)24(28)29)23-18-7-3-6-17-20(18)22(27)16-5-2-1-4-15(16)21(17)26/h1-11H,12H2,(H,23,25). The number of amides is 1. The number of carbonyl (C=O) groups excluding carboxylic acids is 3. The number of nitrogens with zero attached hydrogens (tertiary/aromatic N) is 1. The lowest BCUT2D eigenvalue weighted by atomic mass is 9.83. The van der Waals surface area contributed by atoms with E-state index in [1.807, 2.05) is 0 Å². The van der Waals surface area contributed by atoms with Gasteiger partial charge in [0.1, 0.15) is 5.75 Å². The van der Waals surface area contributed by atoms with Crippen LogP contribution in [0.25, 0.3) is 0 Å². The van der Waals surface area contributed by atoms with Gasteiger partial charge < -0.3 is 10.1 Å². The van der Waals surface area contributed by atoms with Crippen molar-refractivity contribution in [1.29, 1.82) is 0 Å². The fourth-order valence-electron chi connectivity index (χ4n) is 3.25. The number of benzene rings is 3. The van der Waals surface area contributed by atoms with Crippen molar-refractivity contribution in [3.05, 3.63) is 99.1 Å². The van der Waals surface area contributed by atoms with E-state index in [1.165, 1.54) is 24.3 Å². The number of ketones is 2. The Bertz CT molecular complexity index is 1200. The van der Waals surface area contributed by atoms with Crippen LogP contribution in [0.1, 0.15) is 31.8 Å². The number of non-ortho nitro benzene ring substituents is 1. The lowest BCUT2D eigenvalue weighted by molar-refractivity contribution is -0.384. The van der Waals surface area contributed by atoms with Crippen LogP contribution >= 0.6 is 0 Å². The number of nitrogens with one attached hydrogen (secondary N) is 1. The van der Waals surface area contributed by atoms with Gasteiger partial charge in [0.05, 0.1) is 16.2 Å². The Morgan fingerprint density at radius 1 is 0.867 bits per heavy atom. The van der Waals surface area contributed by atoms with Gasteiger partial charge in [0.2, 0.25) is 0 Å². The smallest absolute Gasteiger partial charge is 0.269 e. The molecule has 0 heterocycles. The molecule has 0 radical (unpaired) electrons. The van der Waals surface area contributed by atoms with E-state index in [0.29, 0.717) is 11.1 Å². The summed E-state index contributed by atoms with van der Waals surface area (Å²) < 4.78 is 5.34. The van der Waals surface area contributed by atoms with Crippen molar-refractivity contribution in [2.45, 2.75) is 0 Å². The minimum absolute atomic E-state index is 0.0915. The summed E-state index contributed by atoms with van der Waals surface area (Å²) in [7, 11) is 0. The first-order chi connectivity index (χ1) is 14.5. The molecule has 0 saturated carbocycles. The number of rotatable bonds is 5. The number of hydrogen-bond donors (Lipinski definition) is 1. The summed E-state index contributed by atoms with van der Waals surface area (Å²) in [5, 5.41) is 13.3. The molecule has 148 valence electrons. The SMILES string of the molecule is O=C(COc1ccc([N+](=O)[O-])cc1)Nc1cccc2c1C(=O)c1ccccc1C2=O. The summed E-state index contributed by atoms with van der Waals surface area (Å²) in [6, 6.07) is 16.5. The first-order valence-corrected chi connectivity index (χ1v) is 8.94. The first kappa shape index (κ1) is 19.0. The van der Waals surface area contributed by atoms with E-state index in [2.05, 4.69) is 5.32 Å². The van der Waals surface area contributed by atoms with Crippen molar-refractivity contribution in [3.63, 3.8) is 0 Å². The van der Waals surface area contributed by atoms with Crippen LogP contribution in [0.5, 0.6) is 5.75 Å². The van der Waals surface area contributed by atoms with E-state index in [4.69, 9.17) is 4.74 Å². The topological polar surface area (TPSA) is 116 Å². The third-order valence-corrected chi connectivity index (χ3v) is 4.64. The van der Waals surface area contributed by atoms with Crippen LogP contribution in [0.4, 0.5) is 11.4 Å². The number of carbonyl (C=O) groups is 3. The Morgan fingerprint density at radius 3 is 2.17 bits per heavy atom. The van der Waals surface area contributed by atoms with Gasteiger partial charge in [-0.25, -0.2) is 0 Å². The monoisotopic (exact) mass is 402 g/mol. The molecule has 0 spiro atoms. The predicted octanol–water partition coefficient (Wildman–Crippen LogP) is 3.39. The minimum Gasteiger partial charge on any atom is -0.484 e. The fraction of sp³-hybridized carbons (Fsp3) is 0.0455. The molecule has 1 amide bonds. The largest absolute Gasteiger partial charge is 0.484 e. The average molecular weight is 402 g/mol. The van der Waals surface area contributed by atoms with Gasteiger partial charge >= 0.3 is 0 Å². The summed E-state index contributed by atoms with van der Waals surface area (Å²) in [6.07, 6.45) is 0. The fourth-order valence-corrected chi connectivity index (χ4v) is 3.25. The van der Waals surface area contributed by atoms with Gasteiger partial charge in [0.15, 0.2) is 18.2 Å². The maximum Gasteiger partial charge on any atom is 0.269 e. The van der Waals surface area contributed by atoms with Crippen LogP contribution in [0.2, 0.25) is 0 Å². The Kier molecular flexibility index (Phi) is 4.81. The maximum absolute atomic E-state index is 12.9. The lowest BCUT2D eigenvalue weighted by Crippen LogP contribution is -2.25. The molecule has 30 heavy (non-hydrogen) atoms. The molecule has 0 aromatic heterocycles. The molecule has 3 aromatic carbocycles. The first-order valence-electron chi connectivity index (χ1n) is 8.94. The van der Waals surface area contributed by atoms with E-state index in [1.54, 1.807) is 42.5 Å². The molecule has 0 unspecified atom stereocenters. The number of hydrogen-bond acceptors (Lipinski definition) is 6. The summed E-state index contributed by atoms with van der Waals surface area (Å²) >= 11 is 0. The molecule has 1 N–H and O–H groups in total. The Hall–Kier alpha value is -4.33. The van der Waals surface area contributed by atoms with Gasteiger partial charge in [0, 0.05) is 28.8 Å². The molecule has 1 aliphatic rings.